The maximum Gasteiger partial charge on any atom is 0.0661 e. The zero-order valence-corrected chi connectivity index (χ0v) is 9.89. The lowest BCUT2D eigenvalue weighted by Crippen LogP contribution is -1.93. The molecule has 0 unspecified atom stereocenters. The first-order valence-corrected chi connectivity index (χ1v) is 5.54. The molecule has 0 saturated heterocycles. The zero-order chi connectivity index (χ0) is 10.8. The van der Waals surface area contributed by atoms with Crippen molar-refractivity contribution in [1.29, 1.82) is 0 Å². The number of halogens is 3. The van der Waals surface area contributed by atoms with Crippen molar-refractivity contribution in [3.8, 4) is 5.69 Å². The highest BCUT2D eigenvalue weighted by molar-refractivity contribution is 6.42. The minimum atomic E-state index is 0.446. The van der Waals surface area contributed by atoms with Gasteiger partial charge in [-0.25, -0.2) is 4.68 Å². The van der Waals surface area contributed by atoms with Gasteiger partial charge in [0.1, 0.15) is 0 Å². The largest absolute Gasteiger partial charge is 0.241 e. The van der Waals surface area contributed by atoms with Gasteiger partial charge in [0.2, 0.25) is 0 Å². The molecule has 78 valence electrons. The Morgan fingerprint density at radius 1 is 1.20 bits per heavy atom. The van der Waals surface area contributed by atoms with E-state index in [1.54, 1.807) is 23.0 Å². The van der Waals surface area contributed by atoms with Crippen LogP contribution in [-0.2, 0) is 5.88 Å². The van der Waals surface area contributed by atoms with E-state index in [0.717, 1.165) is 11.3 Å². The number of hydrogen-bond donors (Lipinski definition) is 0. The number of rotatable bonds is 2. The van der Waals surface area contributed by atoms with E-state index in [-0.39, 0.29) is 0 Å². The molecule has 0 bridgehead atoms. The Bertz CT molecular complexity index is 479. The van der Waals surface area contributed by atoms with Crippen molar-refractivity contribution in [2.45, 2.75) is 5.88 Å². The third-order valence-electron chi connectivity index (χ3n) is 1.96. The van der Waals surface area contributed by atoms with E-state index in [1.807, 2.05) is 12.3 Å². The van der Waals surface area contributed by atoms with Crippen LogP contribution in [0.3, 0.4) is 0 Å². The van der Waals surface area contributed by atoms with E-state index in [9.17, 15) is 0 Å². The molecule has 0 aliphatic heterocycles. The van der Waals surface area contributed by atoms with Crippen LogP contribution in [0.15, 0.2) is 30.6 Å². The van der Waals surface area contributed by atoms with Crippen LogP contribution in [0, 0.1) is 0 Å². The Hall–Kier alpha value is -0.700. The number of hydrogen-bond acceptors (Lipinski definition) is 1. The number of nitrogens with zero attached hydrogens (tertiary/aromatic N) is 2. The first kappa shape index (κ1) is 10.8. The van der Waals surface area contributed by atoms with Crippen LogP contribution < -0.4 is 0 Å². The summed E-state index contributed by atoms with van der Waals surface area (Å²) < 4.78 is 1.71. The number of benzene rings is 1. The lowest BCUT2D eigenvalue weighted by Gasteiger charge is -2.02. The van der Waals surface area contributed by atoms with Crippen molar-refractivity contribution in [3.63, 3.8) is 0 Å². The maximum atomic E-state index is 5.91. The highest BCUT2D eigenvalue weighted by atomic mass is 35.5. The van der Waals surface area contributed by atoms with Crippen LogP contribution in [0.5, 0.6) is 0 Å². The third-order valence-corrected chi connectivity index (χ3v) is 3.01. The molecule has 15 heavy (non-hydrogen) atoms. The van der Waals surface area contributed by atoms with E-state index in [2.05, 4.69) is 5.10 Å². The molecule has 2 nitrogen and oxygen atoms in total. The van der Waals surface area contributed by atoms with Gasteiger partial charge >= 0.3 is 0 Å². The molecule has 5 heteroatoms. The summed E-state index contributed by atoms with van der Waals surface area (Å²) in [6.07, 6.45) is 3.57. The smallest absolute Gasteiger partial charge is 0.0661 e. The van der Waals surface area contributed by atoms with Crippen molar-refractivity contribution in [2.24, 2.45) is 0 Å². The van der Waals surface area contributed by atoms with Crippen LogP contribution in [0.1, 0.15) is 5.56 Å². The van der Waals surface area contributed by atoms with Crippen molar-refractivity contribution in [1.82, 2.24) is 9.78 Å². The van der Waals surface area contributed by atoms with Crippen molar-refractivity contribution < 1.29 is 0 Å². The van der Waals surface area contributed by atoms with Gasteiger partial charge in [-0.1, -0.05) is 23.2 Å². The molecule has 0 amide bonds. The predicted octanol–water partition coefficient (Wildman–Crippen LogP) is 3.92. The Balaban J connectivity index is 2.40. The molecule has 2 aromatic rings. The Labute approximate surface area is 102 Å². The second kappa shape index (κ2) is 4.44. The van der Waals surface area contributed by atoms with Crippen LogP contribution in [0.25, 0.3) is 5.69 Å². The minimum Gasteiger partial charge on any atom is -0.241 e. The fraction of sp³-hybridized carbons (Fsp3) is 0.100. The van der Waals surface area contributed by atoms with E-state index >= 15 is 0 Å². The van der Waals surface area contributed by atoms with E-state index in [1.165, 1.54) is 0 Å². The summed E-state index contributed by atoms with van der Waals surface area (Å²) in [5.41, 5.74) is 1.82. The fourth-order valence-corrected chi connectivity index (χ4v) is 1.63. The standard InChI is InChI=1S/C10H7Cl3N2/c11-4-7-5-14-15(6-7)8-1-2-9(12)10(13)3-8/h1-3,5-6H,4H2. The van der Waals surface area contributed by atoms with E-state index in [0.29, 0.717) is 15.9 Å². The van der Waals surface area contributed by atoms with Gasteiger partial charge in [0, 0.05) is 11.8 Å². The van der Waals surface area contributed by atoms with Crippen molar-refractivity contribution in [2.75, 3.05) is 0 Å². The monoisotopic (exact) mass is 260 g/mol. The Kier molecular flexibility index (Phi) is 3.19. The normalized spacial score (nSPS) is 10.6. The molecular formula is C10H7Cl3N2. The average Bonchev–Trinajstić information content (AvgIpc) is 2.70. The highest BCUT2D eigenvalue weighted by Gasteiger charge is 2.03. The molecule has 0 aliphatic carbocycles. The van der Waals surface area contributed by atoms with Crippen LogP contribution in [0.4, 0.5) is 0 Å². The molecule has 0 atom stereocenters. The second-order valence-corrected chi connectivity index (χ2v) is 4.11. The fourth-order valence-electron chi connectivity index (χ4n) is 1.20. The van der Waals surface area contributed by atoms with Gasteiger partial charge in [-0.15, -0.1) is 11.6 Å². The SMILES string of the molecule is ClCc1cnn(-c2ccc(Cl)c(Cl)c2)c1. The lowest BCUT2D eigenvalue weighted by atomic mass is 10.3. The van der Waals surface area contributed by atoms with Gasteiger partial charge in [0.15, 0.2) is 0 Å². The molecule has 0 spiro atoms. The summed E-state index contributed by atoms with van der Waals surface area (Å²) in [6, 6.07) is 5.34. The molecule has 1 aromatic heterocycles. The van der Waals surface area contributed by atoms with Crippen LogP contribution >= 0.6 is 34.8 Å². The summed E-state index contributed by atoms with van der Waals surface area (Å²) in [5, 5.41) is 5.20. The molecule has 0 N–H and O–H groups in total. The summed E-state index contributed by atoms with van der Waals surface area (Å²) in [6.45, 7) is 0. The minimum absolute atomic E-state index is 0.446. The molecule has 0 saturated carbocycles. The average molecular weight is 262 g/mol. The van der Waals surface area contributed by atoms with Gasteiger partial charge in [-0.2, -0.15) is 5.10 Å². The predicted molar refractivity (Wildman–Crippen MR) is 63.1 cm³/mol. The summed E-state index contributed by atoms with van der Waals surface area (Å²) in [5.74, 6) is 0.446. The molecule has 1 heterocycles. The molecule has 0 radical (unpaired) electrons. The van der Waals surface area contributed by atoms with E-state index < -0.39 is 0 Å². The first-order chi connectivity index (χ1) is 7.20. The lowest BCUT2D eigenvalue weighted by molar-refractivity contribution is 0.880. The summed E-state index contributed by atoms with van der Waals surface area (Å²) in [4.78, 5) is 0. The summed E-state index contributed by atoms with van der Waals surface area (Å²) >= 11 is 17.4. The van der Waals surface area contributed by atoms with Crippen molar-refractivity contribution in [3.05, 3.63) is 46.2 Å². The zero-order valence-electron chi connectivity index (χ0n) is 7.62. The number of aromatic nitrogens is 2. The quantitative estimate of drug-likeness (QED) is 0.749. The van der Waals surface area contributed by atoms with E-state index in [4.69, 9.17) is 34.8 Å². The summed E-state index contributed by atoms with van der Waals surface area (Å²) in [7, 11) is 0. The molecular weight excluding hydrogens is 254 g/mol. The van der Waals surface area contributed by atoms with Crippen molar-refractivity contribution >= 4 is 34.8 Å². The van der Waals surface area contributed by atoms with Gasteiger partial charge in [0.05, 0.1) is 27.8 Å². The maximum absolute atomic E-state index is 5.91. The van der Waals surface area contributed by atoms with Crippen LogP contribution in [-0.4, -0.2) is 9.78 Å². The number of alkyl halides is 1. The Morgan fingerprint density at radius 3 is 2.60 bits per heavy atom. The van der Waals surface area contributed by atoms with Gasteiger partial charge < -0.3 is 0 Å². The topological polar surface area (TPSA) is 17.8 Å². The van der Waals surface area contributed by atoms with Crippen LogP contribution in [0.2, 0.25) is 10.0 Å². The van der Waals surface area contributed by atoms with Gasteiger partial charge in [-0.3, -0.25) is 0 Å². The molecule has 2 rings (SSSR count). The second-order valence-electron chi connectivity index (χ2n) is 3.03. The molecule has 0 fully saturated rings. The third kappa shape index (κ3) is 2.28. The first-order valence-electron chi connectivity index (χ1n) is 4.25. The molecule has 0 aliphatic rings. The molecule has 1 aromatic carbocycles. The Morgan fingerprint density at radius 2 is 2.00 bits per heavy atom. The van der Waals surface area contributed by atoms with Gasteiger partial charge in [0.25, 0.3) is 0 Å². The van der Waals surface area contributed by atoms with Gasteiger partial charge in [-0.05, 0) is 18.2 Å². The highest BCUT2D eigenvalue weighted by Crippen LogP contribution is 2.24.